The molecule has 0 aliphatic carbocycles. The zero-order valence-corrected chi connectivity index (χ0v) is 21.9. The number of nitrogens with zero attached hydrogens (tertiary/aromatic N) is 4. The van der Waals surface area contributed by atoms with Gasteiger partial charge in [-0.15, -0.1) is 0 Å². The lowest BCUT2D eigenvalue weighted by Gasteiger charge is -2.31. The number of fused-ring (bicyclic) bond motifs is 1. The molecule has 11 nitrogen and oxygen atoms in total. The molecule has 2 aromatic carbocycles. The molecular formula is C27H26F3N7O4. The summed E-state index contributed by atoms with van der Waals surface area (Å²) >= 11 is 0. The first-order chi connectivity index (χ1) is 19.7. The first-order valence-electron chi connectivity index (χ1n) is 12.7. The summed E-state index contributed by atoms with van der Waals surface area (Å²) in [5, 5.41) is 9.31. The van der Waals surface area contributed by atoms with Crippen LogP contribution in [0.2, 0.25) is 0 Å². The van der Waals surface area contributed by atoms with Crippen molar-refractivity contribution in [3.8, 4) is 11.1 Å². The molecule has 214 valence electrons. The van der Waals surface area contributed by atoms with E-state index < -0.39 is 23.7 Å². The number of anilines is 4. The maximum Gasteiger partial charge on any atom is 0.416 e. The van der Waals surface area contributed by atoms with E-state index in [1.165, 1.54) is 23.1 Å². The number of hydrogen-bond donors (Lipinski definition) is 3. The molecule has 3 heterocycles. The maximum atomic E-state index is 13.4. The van der Waals surface area contributed by atoms with Crippen LogP contribution in [0.25, 0.3) is 16.6 Å². The Morgan fingerprint density at radius 3 is 2.51 bits per heavy atom. The number of morpholine rings is 1. The van der Waals surface area contributed by atoms with E-state index >= 15 is 0 Å². The fourth-order valence-electron chi connectivity index (χ4n) is 4.59. The summed E-state index contributed by atoms with van der Waals surface area (Å²) in [5.41, 5.74) is 7.72. The van der Waals surface area contributed by atoms with Crippen LogP contribution >= 0.6 is 0 Å². The third-order valence-electron chi connectivity index (χ3n) is 6.45. The number of urea groups is 1. The second kappa shape index (κ2) is 11.3. The Labute approximate surface area is 232 Å². The number of nitrogens with one attached hydrogen (secondary N) is 2. The number of nitrogen functional groups attached to an aromatic ring is 1. The molecule has 4 aromatic rings. The maximum absolute atomic E-state index is 13.4. The number of halogens is 3. The molecule has 0 atom stereocenters. The highest BCUT2D eigenvalue weighted by Gasteiger charge is 2.32. The van der Waals surface area contributed by atoms with Gasteiger partial charge in [-0.3, -0.25) is 0 Å². The van der Waals surface area contributed by atoms with Crippen LogP contribution in [-0.2, 0) is 15.7 Å². The summed E-state index contributed by atoms with van der Waals surface area (Å²) in [6.07, 6.45) is -1.81. The van der Waals surface area contributed by atoms with Crippen molar-refractivity contribution in [1.29, 1.82) is 0 Å². The first-order valence-corrected chi connectivity index (χ1v) is 12.7. The summed E-state index contributed by atoms with van der Waals surface area (Å²) < 4.78 is 52.2. The van der Waals surface area contributed by atoms with E-state index in [1.54, 1.807) is 31.2 Å². The number of amides is 2. The highest BCUT2D eigenvalue weighted by molar-refractivity contribution is 6.05. The van der Waals surface area contributed by atoms with Crippen molar-refractivity contribution in [2.24, 2.45) is 0 Å². The minimum absolute atomic E-state index is 0.0191. The summed E-state index contributed by atoms with van der Waals surface area (Å²) in [6.45, 7) is 3.65. The average molecular weight is 570 g/mol. The smallest absolute Gasteiger partial charge is 0.416 e. The summed E-state index contributed by atoms with van der Waals surface area (Å²) in [6, 6.07) is 9.00. The molecular weight excluding hydrogens is 543 g/mol. The topological polar surface area (TPSA) is 136 Å². The first kappa shape index (κ1) is 27.7. The van der Waals surface area contributed by atoms with Crippen molar-refractivity contribution in [1.82, 2.24) is 14.6 Å². The minimum atomic E-state index is -4.58. The van der Waals surface area contributed by atoms with Crippen molar-refractivity contribution in [3.63, 3.8) is 0 Å². The SMILES string of the molecule is CCOC(=O)c1cn2ncnc(N)c2c1-c1ccc(NC(=O)Nc2cc(C(F)(F)F)ccc2N2CCOCC2)cc1. The molecule has 1 fully saturated rings. The van der Waals surface area contributed by atoms with Gasteiger partial charge in [0.1, 0.15) is 11.8 Å². The Morgan fingerprint density at radius 1 is 1.10 bits per heavy atom. The number of benzene rings is 2. The van der Waals surface area contributed by atoms with E-state index in [0.717, 1.165) is 12.1 Å². The number of aromatic nitrogens is 3. The van der Waals surface area contributed by atoms with E-state index in [1.807, 2.05) is 4.90 Å². The molecule has 0 spiro atoms. The number of rotatable bonds is 6. The van der Waals surface area contributed by atoms with Gasteiger partial charge in [-0.2, -0.15) is 18.3 Å². The van der Waals surface area contributed by atoms with E-state index in [4.69, 9.17) is 15.2 Å². The van der Waals surface area contributed by atoms with Gasteiger partial charge in [0.2, 0.25) is 0 Å². The molecule has 2 aromatic heterocycles. The standard InChI is InChI=1S/C27H26F3N7O4/c1-2-41-25(38)19-14-37-23(24(31)32-15-33-37)22(19)16-3-6-18(7-4-16)34-26(39)35-20-13-17(27(28,29)30)5-8-21(20)36-9-11-40-12-10-36/h3-8,13-15H,2,9-12H2,1H3,(H2,31,32,33)(H2,34,35,39). The molecule has 0 bridgehead atoms. The summed E-state index contributed by atoms with van der Waals surface area (Å²) in [7, 11) is 0. The molecule has 14 heteroatoms. The second-order valence-electron chi connectivity index (χ2n) is 9.06. The number of nitrogens with two attached hydrogens (primary N) is 1. The second-order valence-corrected chi connectivity index (χ2v) is 9.06. The zero-order chi connectivity index (χ0) is 29.1. The van der Waals surface area contributed by atoms with Gasteiger partial charge in [0.25, 0.3) is 0 Å². The normalized spacial score (nSPS) is 13.7. The van der Waals surface area contributed by atoms with E-state index in [2.05, 4.69) is 20.7 Å². The van der Waals surface area contributed by atoms with Crippen molar-refractivity contribution < 1.29 is 32.2 Å². The lowest BCUT2D eigenvalue weighted by molar-refractivity contribution is -0.137. The van der Waals surface area contributed by atoms with Gasteiger partial charge in [-0.05, 0) is 42.8 Å². The van der Waals surface area contributed by atoms with Gasteiger partial charge in [0.05, 0.1) is 42.3 Å². The van der Waals surface area contributed by atoms with Gasteiger partial charge in [-0.25, -0.2) is 19.1 Å². The minimum Gasteiger partial charge on any atom is -0.462 e. The number of hydrogen-bond acceptors (Lipinski definition) is 8. The van der Waals surface area contributed by atoms with Crippen LogP contribution in [0.5, 0.6) is 0 Å². The monoisotopic (exact) mass is 569 g/mol. The van der Waals surface area contributed by atoms with Crippen LogP contribution in [0, 0.1) is 0 Å². The highest BCUT2D eigenvalue weighted by Crippen LogP contribution is 2.36. The molecule has 2 amide bonds. The van der Waals surface area contributed by atoms with Crippen molar-refractivity contribution >= 4 is 40.4 Å². The molecule has 5 rings (SSSR count). The molecule has 4 N–H and O–H groups in total. The molecule has 0 unspecified atom stereocenters. The number of ether oxygens (including phenoxy) is 2. The number of carbonyl (C=O) groups is 2. The average Bonchev–Trinajstić information content (AvgIpc) is 3.35. The third kappa shape index (κ3) is 5.87. The number of alkyl halides is 3. The Morgan fingerprint density at radius 2 is 1.83 bits per heavy atom. The predicted octanol–water partition coefficient (Wildman–Crippen LogP) is 4.65. The van der Waals surface area contributed by atoms with Crippen molar-refractivity contribution in [2.45, 2.75) is 13.1 Å². The van der Waals surface area contributed by atoms with Gasteiger partial charge in [0.15, 0.2) is 5.82 Å². The number of esters is 1. The lowest BCUT2D eigenvalue weighted by atomic mass is 10.0. The largest absolute Gasteiger partial charge is 0.462 e. The van der Waals surface area contributed by atoms with Crippen LogP contribution < -0.4 is 21.3 Å². The molecule has 1 aliphatic heterocycles. The van der Waals surface area contributed by atoms with Crippen LogP contribution in [0.4, 0.5) is 40.8 Å². The van der Waals surface area contributed by atoms with E-state index in [-0.39, 0.29) is 23.7 Å². The van der Waals surface area contributed by atoms with Gasteiger partial charge < -0.3 is 30.7 Å². The fraction of sp³-hybridized carbons (Fsp3) is 0.259. The van der Waals surface area contributed by atoms with Gasteiger partial charge >= 0.3 is 18.2 Å². The molecule has 41 heavy (non-hydrogen) atoms. The van der Waals surface area contributed by atoms with E-state index in [0.29, 0.717) is 54.3 Å². The molecule has 1 aliphatic rings. The zero-order valence-electron chi connectivity index (χ0n) is 21.9. The Balaban J connectivity index is 1.40. The Hall–Kier alpha value is -4.85. The predicted molar refractivity (Wildman–Crippen MR) is 146 cm³/mol. The van der Waals surface area contributed by atoms with Crippen LogP contribution in [0.3, 0.4) is 0 Å². The van der Waals surface area contributed by atoms with Crippen molar-refractivity contribution in [3.05, 3.63) is 66.1 Å². The lowest BCUT2D eigenvalue weighted by Crippen LogP contribution is -2.37. The number of carbonyl (C=O) groups excluding carboxylic acids is 2. The third-order valence-corrected chi connectivity index (χ3v) is 6.45. The Bertz CT molecular complexity index is 1580. The van der Waals surface area contributed by atoms with Gasteiger partial charge in [0, 0.05) is 30.5 Å². The van der Waals surface area contributed by atoms with Crippen LogP contribution in [0.1, 0.15) is 22.8 Å². The van der Waals surface area contributed by atoms with Crippen molar-refractivity contribution in [2.75, 3.05) is 54.2 Å². The summed E-state index contributed by atoms with van der Waals surface area (Å²) in [5.74, 6) is -0.407. The molecule has 0 saturated carbocycles. The van der Waals surface area contributed by atoms with Crippen LogP contribution in [0.15, 0.2) is 55.0 Å². The fourth-order valence-corrected chi connectivity index (χ4v) is 4.59. The molecule has 0 radical (unpaired) electrons. The highest BCUT2D eigenvalue weighted by atomic mass is 19.4. The molecule has 1 saturated heterocycles. The van der Waals surface area contributed by atoms with Crippen LogP contribution in [-0.4, -0.2) is 59.5 Å². The Kier molecular flexibility index (Phi) is 7.66. The van der Waals surface area contributed by atoms with E-state index in [9.17, 15) is 22.8 Å². The summed E-state index contributed by atoms with van der Waals surface area (Å²) in [4.78, 5) is 31.4. The van der Waals surface area contributed by atoms with Gasteiger partial charge in [-0.1, -0.05) is 12.1 Å². The quantitative estimate of drug-likeness (QED) is 0.286.